The largest absolute Gasteiger partial charge is 0.452 e. The number of hydrogen-bond donors (Lipinski definition) is 1. The van der Waals surface area contributed by atoms with E-state index in [0.29, 0.717) is 0 Å². The number of amides is 1. The van der Waals surface area contributed by atoms with Crippen molar-refractivity contribution >= 4 is 16.4 Å². The summed E-state index contributed by atoms with van der Waals surface area (Å²) in [6.07, 6.45) is -1.10. The first kappa shape index (κ1) is 25.2. The standard InChI is InChI=1S/C13H19NO5S.C6H15N/c1-9-6-7-11(10(8-9)13(2,3)4)19-20(16,17)14-12(15)18-5;1-4-7(5-2)6-3/h6-8H,1-5H3,(H,14,15);4-6H2,1-3H3. The molecule has 0 spiro atoms. The maximum absolute atomic E-state index is 11.7. The van der Waals surface area contributed by atoms with Crippen LogP contribution in [0.5, 0.6) is 5.75 Å². The Morgan fingerprint density at radius 2 is 1.63 bits per heavy atom. The summed E-state index contributed by atoms with van der Waals surface area (Å²) in [5.41, 5.74) is 1.41. The van der Waals surface area contributed by atoms with Gasteiger partial charge in [-0.1, -0.05) is 59.2 Å². The Morgan fingerprint density at radius 3 is 2.00 bits per heavy atom. The van der Waals surface area contributed by atoms with E-state index in [4.69, 9.17) is 4.18 Å². The molecule has 0 bridgehead atoms. The lowest BCUT2D eigenvalue weighted by Crippen LogP contribution is -2.34. The number of nitrogens with zero attached hydrogens (tertiary/aromatic N) is 1. The fraction of sp³-hybridized carbons (Fsp3) is 0.632. The monoisotopic (exact) mass is 402 g/mol. The molecule has 0 aromatic heterocycles. The van der Waals surface area contributed by atoms with E-state index in [1.165, 1.54) is 19.6 Å². The molecule has 1 aromatic rings. The topological polar surface area (TPSA) is 84.9 Å². The van der Waals surface area contributed by atoms with Crippen LogP contribution >= 0.6 is 0 Å². The molecule has 0 saturated heterocycles. The number of aryl methyl sites for hydroxylation is 1. The van der Waals surface area contributed by atoms with Gasteiger partial charge in [0.05, 0.1) is 7.11 Å². The van der Waals surface area contributed by atoms with E-state index in [1.54, 1.807) is 16.9 Å². The second kappa shape index (κ2) is 11.1. The van der Waals surface area contributed by atoms with E-state index in [1.807, 2.05) is 33.8 Å². The molecule has 8 heteroatoms. The molecule has 7 nitrogen and oxygen atoms in total. The molecular weight excluding hydrogens is 368 g/mol. The summed E-state index contributed by atoms with van der Waals surface area (Å²) in [4.78, 5) is 13.3. The van der Waals surface area contributed by atoms with E-state index < -0.39 is 16.4 Å². The molecule has 0 aliphatic heterocycles. The normalized spacial score (nSPS) is 11.4. The maximum atomic E-state index is 11.7. The van der Waals surface area contributed by atoms with Crippen molar-refractivity contribution in [3.05, 3.63) is 29.3 Å². The Labute approximate surface area is 164 Å². The van der Waals surface area contributed by atoms with E-state index >= 15 is 0 Å². The van der Waals surface area contributed by atoms with Gasteiger partial charge in [-0.25, -0.2) is 4.79 Å². The van der Waals surface area contributed by atoms with Crippen LogP contribution in [0, 0.1) is 6.92 Å². The minimum absolute atomic E-state index is 0.180. The van der Waals surface area contributed by atoms with Gasteiger partial charge in [0, 0.05) is 5.56 Å². The smallest absolute Gasteiger partial charge is 0.423 e. The highest BCUT2D eigenvalue weighted by Gasteiger charge is 2.24. The van der Waals surface area contributed by atoms with Crippen LogP contribution in [0.15, 0.2) is 18.2 Å². The van der Waals surface area contributed by atoms with Gasteiger partial charge in [-0.15, -0.1) is 0 Å². The fourth-order valence-corrected chi connectivity index (χ4v) is 2.97. The average Bonchev–Trinajstić information content (AvgIpc) is 2.57. The number of hydrogen-bond acceptors (Lipinski definition) is 6. The van der Waals surface area contributed by atoms with Crippen LogP contribution in [0.1, 0.15) is 52.7 Å². The molecule has 1 N–H and O–H groups in total. The van der Waals surface area contributed by atoms with Gasteiger partial charge < -0.3 is 13.8 Å². The predicted octanol–water partition coefficient (Wildman–Crippen LogP) is 3.62. The number of benzene rings is 1. The molecule has 156 valence electrons. The molecule has 27 heavy (non-hydrogen) atoms. The molecule has 0 atom stereocenters. The first-order valence-electron chi connectivity index (χ1n) is 9.03. The Kier molecular flexibility index (Phi) is 10.4. The molecule has 0 radical (unpaired) electrons. The van der Waals surface area contributed by atoms with Gasteiger partial charge in [0.15, 0.2) is 0 Å². The van der Waals surface area contributed by atoms with Crippen LogP contribution in [0.25, 0.3) is 0 Å². The molecule has 1 rings (SSSR count). The van der Waals surface area contributed by atoms with Crippen LogP contribution in [0.4, 0.5) is 4.79 Å². The summed E-state index contributed by atoms with van der Waals surface area (Å²) in [5, 5.41) is 0. The maximum Gasteiger partial charge on any atom is 0.423 e. The van der Waals surface area contributed by atoms with Gasteiger partial charge in [0.2, 0.25) is 0 Å². The van der Waals surface area contributed by atoms with Gasteiger partial charge in [0.1, 0.15) is 5.75 Å². The summed E-state index contributed by atoms with van der Waals surface area (Å²) >= 11 is 0. The summed E-state index contributed by atoms with van der Waals surface area (Å²) in [7, 11) is -3.20. The quantitative estimate of drug-likeness (QED) is 0.782. The van der Waals surface area contributed by atoms with Crippen LogP contribution in [0.3, 0.4) is 0 Å². The number of rotatable bonds is 6. The van der Waals surface area contributed by atoms with Crippen LogP contribution in [-0.2, 0) is 20.5 Å². The fourth-order valence-electron chi connectivity index (χ4n) is 2.26. The Bertz CT molecular complexity index is 687. The molecule has 1 amide bonds. The minimum atomic E-state index is -4.27. The SMILES string of the molecule is CCN(CC)CC.COC(=O)NS(=O)(=O)Oc1ccc(C)cc1C(C)(C)C. The van der Waals surface area contributed by atoms with Gasteiger partial charge in [-0.05, 0) is 38.0 Å². The van der Waals surface area contributed by atoms with E-state index in [2.05, 4.69) is 30.4 Å². The second-order valence-electron chi connectivity index (χ2n) is 7.00. The first-order chi connectivity index (χ1) is 12.4. The highest BCUT2D eigenvalue weighted by atomic mass is 32.2. The first-order valence-corrected chi connectivity index (χ1v) is 10.4. The van der Waals surface area contributed by atoms with Crippen molar-refractivity contribution in [1.29, 1.82) is 0 Å². The highest BCUT2D eigenvalue weighted by Crippen LogP contribution is 2.32. The van der Waals surface area contributed by atoms with Crippen molar-refractivity contribution in [1.82, 2.24) is 9.62 Å². The summed E-state index contributed by atoms with van der Waals surface area (Å²) in [6.45, 7) is 17.8. The summed E-state index contributed by atoms with van der Waals surface area (Å²) in [5.74, 6) is 0.180. The lowest BCUT2D eigenvalue weighted by Gasteiger charge is -2.22. The van der Waals surface area contributed by atoms with Crippen molar-refractivity contribution in [2.75, 3.05) is 26.7 Å². The molecule has 0 aliphatic rings. The molecule has 0 fully saturated rings. The second-order valence-corrected chi connectivity index (χ2v) is 8.28. The predicted molar refractivity (Wildman–Crippen MR) is 108 cm³/mol. The van der Waals surface area contributed by atoms with Crippen molar-refractivity contribution in [3.8, 4) is 5.75 Å². The third kappa shape index (κ3) is 9.63. The third-order valence-electron chi connectivity index (χ3n) is 3.88. The minimum Gasteiger partial charge on any atom is -0.452 e. The Morgan fingerprint density at radius 1 is 1.11 bits per heavy atom. The summed E-state index contributed by atoms with van der Waals surface area (Å²) in [6, 6.07) is 5.15. The summed E-state index contributed by atoms with van der Waals surface area (Å²) < 4.78 is 34.2. The van der Waals surface area contributed by atoms with E-state index in [9.17, 15) is 13.2 Å². The van der Waals surface area contributed by atoms with Crippen molar-refractivity contribution in [3.63, 3.8) is 0 Å². The molecule has 1 aromatic carbocycles. The zero-order valence-electron chi connectivity index (χ0n) is 17.8. The average molecular weight is 403 g/mol. The van der Waals surface area contributed by atoms with E-state index in [-0.39, 0.29) is 11.2 Å². The Balaban J connectivity index is 0.000000821. The lowest BCUT2D eigenvalue weighted by molar-refractivity contribution is 0.177. The zero-order chi connectivity index (χ0) is 21.3. The molecule has 0 heterocycles. The number of methoxy groups -OCH3 is 1. The van der Waals surface area contributed by atoms with Gasteiger partial charge in [0.25, 0.3) is 0 Å². The number of ether oxygens (including phenoxy) is 1. The van der Waals surface area contributed by atoms with Crippen molar-refractivity contribution in [2.45, 2.75) is 53.9 Å². The van der Waals surface area contributed by atoms with Gasteiger partial charge in [-0.2, -0.15) is 13.1 Å². The van der Waals surface area contributed by atoms with Crippen molar-refractivity contribution in [2.24, 2.45) is 0 Å². The van der Waals surface area contributed by atoms with Crippen LogP contribution < -0.4 is 8.91 Å². The number of carbonyl (C=O) groups excluding carboxylic acids is 1. The molecular formula is C19H34N2O5S. The van der Waals surface area contributed by atoms with Crippen LogP contribution in [0.2, 0.25) is 0 Å². The van der Waals surface area contributed by atoms with Crippen molar-refractivity contribution < 1.29 is 22.1 Å². The molecule has 0 aliphatic carbocycles. The lowest BCUT2D eigenvalue weighted by atomic mass is 9.85. The van der Waals surface area contributed by atoms with Gasteiger partial charge >= 0.3 is 16.4 Å². The number of carbonyl (C=O) groups is 1. The molecule has 0 saturated carbocycles. The number of nitrogens with one attached hydrogen (secondary N) is 1. The zero-order valence-corrected chi connectivity index (χ0v) is 18.6. The Hall–Kier alpha value is -1.80. The molecule has 0 unspecified atom stereocenters. The highest BCUT2D eigenvalue weighted by molar-refractivity contribution is 7.85. The van der Waals surface area contributed by atoms with E-state index in [0.717, 1.165) is 18.2 Å². The van der Waals surface area contributed by atoms with Gasteiger partial charge in [-0.3, -0.25) is 0 Å². The third-order valence-corrected chi connectivity index (χ3v) is 4.69. The van der Waals surface area contributed by atoms with Crippen LogP contribution in [-0.4, -0.2) is 46.2 Å².